The summed E-state index contributed by atoms with van der Waals surface area (Å²) < 4.78 is 6.93. The standard InChI is InChI=1S/C17H27N5O5S/c1-7-28-10-18-8-15(23)20(5)22-16(24)14(13(4)19-27-12(2)3)9-21(11-26-6)17(22)25/h9-10,12H,7-8,11H2,1-6H3/b18-10-,19-13+. The fourth-order valence-electron chi connectivity index (χ4n) is 2.02. The Hall–Kier alpha value is -2.40. The lowest BCUT2D eigenvalue weighted by Crippen LogP contribution is -2.55. The highest BCUT2D eigenvalue weighted by molar-refractivity contribution is 8.12. The maximum atomic E-state index is 12.9. The number of hydrogen-bond acceptors (Lipinski definition) is 8. The van der Waals surface area contributed by atoms with Crippen LogP contribution in [0.15, 0.2) is 25.9 Å². The van der Waals surface area contributed by atoms with Gasteiger partial charge in [0.2, 0.25) is 0 Å². The fourth-order valence-corrected chi connectivity index (χ4v) is 2.35. The Balaban J connectivity index is 3.40. The number of amides is 1. The molecule has 0 fully saturated rings. The Kier molecular flexibility index (Phi) is 9.66. The number of nitrogens with zero attached hydrogens (tertiary/aromatic N) is 5. The molecule has 0 radical (unpaired) electrons. The summed E-state index contributed by atoms with van der Waals surface area (Å²) in [5.74, 6) is 0.315. The zero-order chi connectivity index (χ0) is 21.3. The first-order valence-electron chi connectivity index (χ1n) is 8.67. The van der Waals surface area contributed by atoms with Crippen molar-refractivity contribution in [1.29, 1.82) is 0 Å². The van der Waals surface area contributed by atoms with E-state index in [9.17, 15) is 14.4 Å². The van der Waals surface area contributed by atoms with E-state index in [1.807, 2.05) is 6.92 Å². The number of aliphatic imine (C=N–C) groups is 1. The number of thioether (sulfide) groups is 1. The Bertz CT molecular complexity index is 843. The van der Waals surface area contributed by atoms with Gasteiger partial charge in [-0.1, -0.05) is 12.1 Å². The maximum Gasteiger partial charge on any atom is 0.352 e. The lowest BCUT2D eigenvalue weighted by atomic mass is 10.2. The molecule has 0 aliphatic heterocycles. The van der Waals surface area contributed by atoms with Crippen molar-refractivity contribution in [2.45, 2.75) is 40.5 Å². The molecule has 0 saturated carbocycles. The molecule has 156 valence electrons. The number of aromatic nitrogens is 2. The minimum atomic E-state index is -0.712. The highest BCUT2D eigenvalue weighted by Crippen LogP contribution is 1.99. The van der Waals surface area contributed by atoms with E-state index in [2.05, 4.69) is 10.1 Å². The van der Waals surface area contributed by atoms with Crippen LogP contribution in [0.2, 0.25) is 0 Å². The van der Waals surface area contributed by atoms with E-state index >= 15 is 0 Å². The highest BCUT2D eigenvalue weighted by Gasteiger charge is 2.20. The Morgan fingerprint density at radius 1 is 1.39 bits per heavy atom. The molecule has 11 heteroatoms. The Morgan fingerprint density at radius 2 is 2.07 bits per heavy atom. The summed E-state index contributed by atoms with van der Waals surface area (Å²) >= 11 is 1.44. The second-order valence-electron chi connectivity index (χ2n) is 5.98. The highest BCUT2D eigenvalue weighted by atomic mass is 32.2. The molecule has 0 aliphatic carbocycles. The molecule has 0 bridgehead atoms. The second kappa shape index (κ2) is 11.4. The van der Waals surface area contributed by atoms with Gasteiger partial charge < -0.3 is 9.57 Å². The molecule has 0 aliphatic rings. The van der Waals surface area contributed by atoms with Crippen LogP contribution in [0.4, 0.5) is 0 Å². The van der Waals surface area contributed by atoms with Crippen molar-refractivity contribution in [3.05, 3.63) is 32.6 Å². The van der Waals surface area contributed by atoms with Crippen molar-refractivity contribution in [3.8, 4) is 0 Å². The minimum absolute atomic E-state index is 0.0995. The second-order valence-corrected chi connectivity index (χ2v) is 7.10. The molecule has 0 N–H and O–H groups in total. The molecule has 1 rings (SSSR count). The van der Waals surface area contributed by atoms with Gasteiger partial charge >= 0.3 is 5.69 Å². The maximum absolute atomic E-state index is 12.9. The van der Waals surface area contributed by atoms with Gasteiger partial charge in [-0.15, -0.1) is 11.8 Å². The summed E-state index contributed by atoms with van der Waals surface area (Å²) in [7, 11) is 2.75. The SMILES string of the molecule is CCS/C=N\CC(=O)N(C)n1c(=O)c(/C(C)=N/OC(C)C)cn(COC)c1=O. The van der Waals surface area contributed by atoms with E-state index in [0.29, 0.717) is 0 Å². The number of oxime groups is 1. The van der Waals surface area contributed by atoms with Gasteiger partial charge in [-0.2, -0.15) is 4.68 Å². The number of carbonyl (C=O) groups excluding carboxylic acids is 1. The van der Waals surface area contributed by atoms with Crippen LogP contribution in [0, 0.1) is 0 Å². The van der Waals surface area contributed by atoms with Crippen LogP contribution in [0.25, 0.3) is 0 Å². The van der Waals surface area contributed by atoms with Gasteiger partial charge in [0.05, 0.1) is 16.8 Å². The number of likely N-dealkylation sites (N-methyl/N-ethyl adjacent to an activating group) is 1. The van der Waals surface area contributed by atoms with Gasteiger partial charge in [-0.05, 0) is 26.5 Å². The summed E-state index contributed by atoms with van der Waals surface area (Å²) in [5, 5.41) is 4.87. The molecule has 0 aromatic carbocycles. The van der Waals surface area contributed by atoms with Crippen LogP contribution in [-0.2, 0) is 21.1 Å². The average Bonchev–Trinajstić information content (AvgIpc) is 2.65. The quantitative estimate of drug-likeness (QED) is 0.316. The van der Waals surface area contributed by atoms with E-state index in [4.69, 9.17) is 9.57 Å². The molecule has 0 spiro atoms. The average molecular weight is 414 g/mol. The lowest BCUT2D eigenvalue weighted by molar-refractivity contribution is -0.118. The van der Waals surface area contributed by atoms with Crippen LogP contribution in [0.5, 0.6) is 0 Å². The molecule has 1 aromatic heterocycles. The third kappa shape index (κ3) is 6.34. The van der Waals surface area contributed by atoms with E-state index in [1.54, 1.807) is 26.3 Å². The van der Waals surface area contributed by atoms with Crippen LogP contribution in [0.3, 0.4) is 0 Å². The molecule has 28 heavy (non-hydrogen) atoms. The van der Waals surface area contributed by atoms with Gasteiger partial charge in [0.15, 0.2) is 0 Å². The van der Waals surface area contributed by atoms with Crippen molar-refractivity contribution in [2.24, 2.45) is 10.1 Å². The summed E-state index contributed by atoms with van der Waals surface area (Å²) in [6.07, 6.45) is 1.16. The van der Waals surface area contributed by atoms with Crippen molar-refractivity contribution in [3.63, 3.8) is 0 Å². The van der Waals surface area contributed by atoms with Crippen LogP contribution < -0.4 is 16.3 Å². The minimum Gasteiger partial charge on any atom is -0.393 e. The number of hydrogen-bond donors (Lipinski definition) is 0. The van der Waals surface area contributed by atoms with E-state index < -0.39 is 17.2 Å². The van der Waals surface area contributed by atoms with Crippen LogP contribution in [-0.4, -0.2) is 59.0 Å². The number of rotatable bonds is 10. The van der Waals surface area contributed by atoms with E-state index in [-0.39, 0.29) is 30.7 Å². The largest absolute Gasteiger partial charge is 0.393 e. The summed E-state index contributed by atoms with van der Waals surface area (Å²) in [5.41, 5.74) is 0.552. The molecule has 1 amide bonds. The zero-order valence-electron chi connectivity index (χ0n) is 17.0. The molecular weight excluding hydrogens is 386 g/mol. The Labute approximate surface area is 167 Å². The van der Waals surface area contributed by atoms with Crippen LogP contribution >= 0.6 is 11.8 Å². The normalized spacial score (nSPS) is 12.0. The lowest BCUT2D eigenvalue weighted by Gasteiger charge is -2.20. The molecule has 1 heterocycles. The summed E-state index contributed by atoms with van der Waals surface area (Å²) in [6.45, 7) is 6.85. The molecule has 0 atom stereocenters. The first kappa shape index (κ1) is 23.6. The predicted molar refractivity (Wildman–Crippen MR) is 111 cm³/mol. The van der Waals surface area contributed by atoms with Gasteiger partial charge in [0, 0.05) is 20.4 Å². The summed E-state index contributed by atoms with van der Waals surface area (Å²) in [4.78, 5) is 47.1. The monoisotopic (exact) mass is 413 g/mol. The van der Waals surface area contributed by atoms with Gasteiger partial charge in [-0.3, -0.25) is 19.1 Å². The van der Waals surface area contributed by atoms with Crippen molar-refractivity contribution < 1.29 is 14.4 Å². The van der Waals surface area contributed by atoms with E-state index in [0.717, 1.165) is 15.4 Å². The van der Waals surface area contributed by atoms with Crippen LogP contribution in [0.1, 0.15) is 33.3 Å². The summed E-state index contributed by atoms with van der Waals surface area (Å²) in [6, 6.07) is 0. The first-order valence-corrected chi connectivity index (χ1v) is 9.72. The molecular formula is C17H27N5O5S. The van der Waals surface area contributed by atoms with Gasteiger partial charge in [-0.25, -0.2) is 9.80 Å². The molecule has 1 aromatic rings. The topological polar surface area (TPSA) is 107 Å². The number of methoxy groups -OCH3 is 1. The van der Waals surface area contributed by atoms with Crippen molar-refractivity contribution >= 4 is 28.9 Å². The molecule has 0 unspecified atom stereocenters. The zero-order valence-corrected chi connectivity index (χ0v) is 17.9. The third-order valence-corrected chi connectivity index (χ3v) is 4.03. The van der Waals surface area contributed by atoms with Gasteiger partial charge in [0.1, 0.15) is 19.4 Å². The Morgan fingerprint density at radius 3 is 2.64 bits per heavy atom. The van der Waals surface area contributed by atoms with Crippen molar-refractivity contribution in [2.75, 3.05) is 31.5 Å². The van der Waals surface area contributed by atoms with E-state index in [1.165, 1.54) is 36.7 Å². The third-order valence-electron chi connectivity index (χ3n) is 3.40. The molecule has 10 nitrogen and oxygen atoms in total. The first-order chi connectivity index (χ1) is 13.2. The van der Waals surface area contributed by atoms with Gasteiger partial charge in [0.25, 0.3) is 11.5 Å². The number of ether oxygens (including phenoxy) is 1. The van der Waals surface area contributed by atoms with Crippen molar-refractivity contribution in [1.82, 2.24) is 9.24 Å². The predicted octanol–water partition coefficient (Wildman–Crippen LogP) is 0.639. The smallest absolute Gasteiger partial charge is 0.352 e. The molecule has 0 saturated heterocycles. The fraction of sp³-hybridized carbons (Fsp3) is 0.588. The number of carbonyl (C=O) groups is 1.